The van der Waals surface area contributed by atoms with Gasteiger partial charge < -0.3 is 5.73 Å². The van der Waals surface area contributed by atoms with Crippen molar-refractivity contribution in [1.29, 1.82) is 0 Å². The van der Waals surface area contributed by atoms with Gasteiger partial charge in [0.05, 0.1) is 0 Å². The van der Waals surface area contributed by atoms with Gasteiger partial charge in [0.1, 0.15) is 0 Å². The lowest BCUT2D eigenvalue weighted by molar-refractivity contribution is 0.411. The molecule has 0 saturated carbocycles. The summed E-state index contributed by atoms with van der Waals surface area (Å²) in [6.45, 7) is 13.6. The fraction of sp³-hybridized carbons (Fsp3) is 0.357. The van der Waals surface area contributed by atoms with Crippen molar-refractivity contribution in [2.75, 3.05) is 5.73 Å². The SMILES string of the molecule is CC(C)(C)Cc1ccc(N)cc1.CC(C)(C)Cc1cccc(-c2ccccc2)c1. The lowest BCUT2D eigenvalue weighted by atomic mass is 9.87. The van der Waals surface area contributed by atoms with E-state index in [-0.39, 0.29) is 0 Å². The third kappa shape index (κ3) is 9.00. The second kappa shape index (κ2) is 9.78. The van der Waals surface area contributed by atoms with Gasteiger partial charge >= 0.3 is 0 Å². The summed E-state index contributed by atoms with van der Waals surface area (Å²) < 4.78 is 0. The Morgan fingerprint density at radius 3 is 1.62 bits per heavy atom. The zero-order valence-electron chi connectivity index (χ0n) is 19.0. The smallest absolute Gasteiger partial charge is 0.0314 e. The average Bonchev–Trinajstić information content (AvgIpc) is 2.63. The molecule has 0 aromatic heterocycles. The molecule has 0 heterocycles. The summed E-state index contributed by atoms with van der Waals surface area (Å²) in [5.41, 5.74) is 12.5. The van der Waals surface area contributed by atoms with Crippen molar-refractivity contribution in [2.24, 2.45) is 10.8 Å². The van der Waals surface area contributed by atoms with E-state index in [2.05, 4.69) is 108 Å². The molecule has 154 valence electrons. The molecule has 0 unspecified atom stereocenters. The molecule has 0 spiro atoms. The van der Waals surface area contributed by atoms with Crippen LogP contribution in [0.3, 0.4) is 0 Å². The van der Waals surface area contributed by atoms with Crippen LogP contribution in [-0.2, 0) is 12.8 Å². The first-order chi connectivity index (χ1) is 13.5. The van der Waals surface area contributed by atoms with Gasteiger partial charge in [-0.2, -0.15) is 0 Å². The van der Waals surface area contributed by atoms with Crippen LogP contribution in [-0.4, -0.2) is 0 Å². The van der Waals surface area contributed by atoms with Crippen LogP contribution in [0.15, 0.2) is 78.9 Å². The predicted octanol–water partition coefficient (Wildman–Crippen LogP) is 7.80. The molecule has 0 radical (unpaired) electrons. The van der Waals surface area contributed by atoms with E-state index >= 15 is 0 Å². The fourth-order valence-corrected chi connectivity index (χ4v) is 3.35. The van der Waals surface area contributed by atoms with E-state index in [9.17, 15) is 0 Å². The summed E-state index contributed by atoms with van der Waals surface area (Å²) in [6, 6.07) is 27.5. The highest BCUT2D eigenvalue weighted by molar-refractivity contribution is 5.63. The van der Waals surface area contributed by atoms with Crippen LogP contribution in [0.4, 0.5) is 5.69 Å². The van der Waals surface area contributed by atoms with Crippen molar-refractivity contribution < 1.29 is 0 Å². The van der Waals surface area contributed by atoms with E-state index in [0.717, 1.165) is 18.5 Å². The van der Waals surface area contributed by atoms with E-state index in [1.165, 1.54) is 22.3 Å². The third-order valence-electron chi connectivity index (χ3n) is 4.48. The first-order valence-corrected chi connectivity index (χ1v) is 10.5. The number of anilines is 1. The second-order valence-electron chi connectivity index (χ2n) is 10.3. The van der Waals surface area contributed by atoms with Gasteiger partial charge in [-0.1, -0.05) is 108 Å². The highest BCUT2D eigenvalue weighted by atomic mass is 14.5. The van der Waals surface area contributed by atoms with Gasteiger partial charge in [0.25, 0.3) is 0 Å². The highest BCUT2D eigenvalue weighted by Crippen LogP contribution is 2.25. The average molecular weight is 388 g/mol. The van der Waals surface area contributed by atoms with Gasteiger partial charge in [-0.05, 0) is 58.1 Å². The Labute approximate surface area is 178 Å². The minimum atomic E-state index is 0.343. The topological polar surface area (TPSA) is 26.0 Å². The highest BCUT2D eigenvalue weighted by Gasteiger charge is 2.11. The molecule has 29 heavy (non-hydrogen) atoms. The van der Waals surface area contributed by atoms with Gasteiger partial charge in [-0.3, -0.25) is 0 Å². The van der Waals surface area contributed by atoms with Gasteiger partial charge in [0.2, 0.25) is 0 Å². The molecule has 0 saturated heterocycles. The lowest BCUT2D eigenvalue weighted by Crippen LogP contribution is -2.08. The maximum atomic E-state index is 5.59. The van der Waals surface area contributed by atoms with Crippen LogP contribution >= 0.6 is 0 Å². The Bertz CT molecular complexity index is 863. The number of benzene rings is 3. The predicted molar refractivity (Wildman–Crippen MR) is 129 cm³/mol. The van der Waals surface area contributed by atoms with E-state index in [1.54, 1.807) is 0 Å². The number of hydrogen-bond acceptors (Lipinski definition) is 1. The minimum Gasteiger partial charge on any atom is -0.399 e. The summed E-state index contributed by atoms with van der Waals surface area (Å²) in [5, 5.41) is 0. The van der Waals surface area contributed by atoms with Gasteiger partial charge in [-0.15, -0.1) is 0 Å². The summed E-state index contributed by atoms with van der Waals surface area (Å²) in [6.07, 6.45) is 2.22. The molecule has 3 rings (SSSR count). The summed E-state index contributed by atoms with van der Waals surface area (Å²) in [7, 11) is 0. The molecule has 0 amide bonds. The molecular formula is C28H37N. The molecule has 3 aromatic rings. The lowest BCUT2D eigenvalue weighted by Gasteiger charge is -2.18. The van der Waals surface area contributed by atoms with E-state index in [4.69, 9.17) is 5.73 Å². The third-order valence-corrected chi connectivity index (χ3v) is 4.48. The standard InChI is InChI=1S/C17H20.C11H17N/c1-17(2,3)13-14-8-7-11-16(12-14)15-9-5-4-6-10-15;1-11(2,3)8-9-4-6-10(12)7-5-9/h4-12H,13H2,1-3H3;4-7H,8,12H2,1-3H3. The molecule has 0 fully saturated rings. The number of nitrogen functional groups attached to an aromatic ring is 1. The molecule has 3 aromatic carbocycles. The number of nitrogens with two attached hydrogens (primary N) is 1. The largest absolute Gasteiger partial charge is 0.399 e. The van der Waals surface area contributed by atoms with E-state index in [0.29, 0.717) is 10.8 Å². The zero-order chi connectivity index (χ0) is 21.5. The van der Waals surface area contributed by atoms with Crippen molar-refractivity contribution in [1.82, 2.24) is 0 Å². The second-order valence-corrected chi connectivity index (χ2v) is 10.3. The summed E-state index contributed by atoms with van der Waals surface area (Å²) in [4.78, 5) is 0. The molecule has 1 heteroatoms. The zero-order valence-corrected chi connectivity index (χ0v) is 19.0. The van der Waals surface area contributed by atoms with Gasteiger partial charge in [-0.25, -0.2) is 0 Å². The molecule has 2 N–H and O–H groups in total. The molecular weight excluding hydrogens is 350 g/mol. The monoisotopic (exact) mass is 387 g/mol. The van der Waals surface area contributed by atoms with Gasteiger partial charge in [0.15, 0.2) is 0 Å². The van der Waals surface area contributed by atoms with Crippen LogP contribution in [0.5, 0.6) is 0 Å². The number of hydrogen-bond donors (Lipinski definition) is 1. The molecule has 1 nitrogen and oxygen atoms in total. The minimum absolute atomic E-state index is 0.343. The van der Waals surface area contributed by atoms with E-state index < -0.39 is 0 Å². The molecule has 0 aliphatic carbocycles. The van der Waals surface area contributed by atoms with Crippen molar-refractivity contribution >= 4 is 5.69 Å². The summed E-state index contributed by atoms with van der Waals surface area (Å²) in [5.74, 6) is 0. The normalized spacial score (nSPS) is 11.5. The maximum Gasteiger partial charge on any atom is 0.0314 e. The Balaban J connectivity index is 0.000000221. The number of rotatable bonds is 3. The van der Waals surface area contributed by atoms with Crippen LogP contribution in [0, 0.1) is 10.8 Å². The van der Waals surface area contributed by atoms with Crippen LogP contribution in [0.2, 0.25) is 0 Å². The van der Waals surface area contributed by atoms with Crippen molar-refractivity contribution in [3.8, 4) is 11.1 Å². The molecule has 0 aliphatic heterocycles. The van der Waals surface area contributed by atoms with Crippen LogP contribution < -0.4 is 5.73 Å². The first-order valence-electron chi connectivity index (χ1n) is 10.5. The van der Waals surface area contributed by atoms with Crippen molar-refractivity contribution in [3.05, 3.63) is 90.0 Å². The van der Waals surface area contributed by atoms with Crippen molar-refractivity contribution in [2.45, 2.75) is 54.4 Å². The Morgan fingerprint density at radius 1 is 0.552 bits per heavy atom. The Hall–Kier alpha value is -2.54. The quantitative estimate of drug-likeness (QED) is 0.456. The van der Waals surface area contributed by atoms with Crippen molar-refractivity contribution in [3.63, 3.8) is 0 Å². The van der Waals surface area contributed by atoms with Gasteiger partial charge in [0, 0.05) is 5.69 Å². The summed E-state index contributed by atoms with van der Waals surface area (Å²) >= 11 is 0. The maximum absolute atomic E-state index is 5.59. The van der Waals surface area contributed by atoms with E-state index in [1.807, 2.05) is 12.1 Å². The first kappa shape index (κ1) is 22.7. The Morgan fingerprint density at radius 2 is 1.07 bits per heavy atom. The Kier molecular flexibility index (Phi) is 7.67. The fourth-order valence-electron chi connectivity index (χ4n) is 3.35. The van der Waals surface area contributed by atoms with Crippen LogP contribution in [0.25, 0.3) is 11.1 Å². The molecule has 0 aliphatic rings. The molecule has 0 bridgehead atoms. The van der Waals surface area contributed by atoms with Crippen LogP contribution in [0.1, 0.15) is 52.7 Å². The molecule has 0 atom stereocenters.